The highest BCUT2D eigenvalue weighted by Gasteiger charge is 2.19. The van der Waals surface area contributed by atoms with E-state index in [1.165, 1.54) is 55.2 Å². The van der Waals surface area contributed by atoms with Crippen molar-refractivity contribution in [2.24, 2.45) is 0 Å². The molecule has 0 bridgehead atoms. The maximum absolute atomic E-state index is 2.33. The predicted molar refractivity (Wildman–Crippen MR) is 87.1 cm³/mol. The van der Waals surface area contributed by atoms with Gasteiger partial charge in [0.05, 0.1) is 0 Å². The Morgan fingerprint density at radius 1 is 0.800 bits per heavy atom. The number of benzene rings is 2. The average Bonchev–Trinajstić information content (AvgIpc) is 2.86. The van der Waals surface area contributed by atoms with Crippen molar-refractivity contribution in [2.75, 3.05) is 0 Å². The van der Waals surface area contributed by atoms with E-state index in [1.807, 2.05) is 0 Å². The third-order valence-corrected chi connectivity index (χ3v) is 4.45. The van der Waals surface area contributed by atoms with Crippen molar-refractivity contribution in [2.45, 2.75) is 51.9 Å². The highest BCUT2D eigenvalue weighted by Crippen LogP contribution is 2.39. The van der Waals surface area contributed by atoms with Crippen molar-refractivity contribution in [3.05, 3.63) is 59.2 Å². The summed E-state index contributed by atoms with van der Waals surface area (Å²) < 4.78 is 0. The molecule has 0 heterocycles. The van der Waals surface area contributed by atoms with E-state index in [2.05, 4.69) is 49.4 Å². The van der Waals surface area contributed by atoms with Gasteiger partial charge in [0, 0.05) is 0 Å². The van der Waals surface area contributed by atoms with Crippen LogP contribution in [0.3, 0.4) is 0 Å². The molecule has 0 amide bonds. The number of fused-ring (bicyclic) bond motifs is 3. The molecule has 1 aliphatic rings. The van der Waals surface area contributed by atoms with Gasteiger partial charge in [0.2, 0.25) is 0 Å². The molecule has 0 aliphatic heterocycles. The summed E-state index contributed by atoms with van der Waals surface area (Å²) in [7, 11) is 0. The number of rotatable bonds is 6. The Balaban J connectivity index is 1.76. The van der Waals surface area contributed by atoms with Gasteiger partial charge in [-0.3, -0.25) is 0 Å². The lowest BCUT2D eigenvalue weighted by Gasteiger charge is -2.09. The second-order valence-electron chi connectivity index (χ2n) is 5.95. The van der Waals surface area contributed by atoms with Crippen LogP contribution in [-0.2, 0) is 12.8 Å². The fraction of sp³-hybridized carbons (Fsp3) is 0.400. The molecule has 104 valence electrons. The molecule has 0 saturated heterocycles. The quantitative estimate of drug-likeness (QED) is 0.496. The minimum atomic E-state index is 1.12. The van der Waals surface area contributed by atoms with Crippen LogP contribution in [0.1, 0.15) is 55.7 Å². The zero-order valence-corrected chi connectivity index (χ0v) is 12.5. The van der Waals surface area contributed by atoms with Gasteiger partial charge in [0.1, 0.15) is 0 Å². The van der Waals surface area contributed by atoms with E-state index < -0.39 is 0 Å². The number of aryl methyl sites for hydroxylation is 1. The second kappa shape index (κ2) is 6.26. The lowest BCUT2D eigenvalue weighted by molar-refractivity contribution is 0.632. The van der Waals surface area contributed by atoms with Crippen LogP contribution in [0.5, 0.6) is 0 Å². The zero-order valence-electron chi connectivity index (χ0n) is 12.5. The molecule has 0 nitrogen and oxygen atoms in total. The summed E-state index contributed by atoms with van der Waals surface area (Å²) in [6.07, 6.45) is 9.17. The highest BCUT2D eigenvalue weighted by molar-refractivity contribution is 5.79. The van der Waals surface area contributed by atoms with Crippen molar-refractivity contribution < 1.29 is 0 Å². The highest BCUT2D eigenvalue weighted by atomic mass is 14.2. The molecule has 2 aromatic rings. The zero-order chi connectivity index (χ0) is 13.8. The van der Waals surface area contributed by atoms with Crippen LogP contribution < -0.4 is 0 Å². The molecule has 1 aliphatic carbocycles. The van der Waals surface area contributed by atoms with Crippen LogP contribution >= 0.6 is 0 Å². The number of hydrogen-bond donors (Lipinski definition) is 0. The first-order valence-electron chi connectivity index (χ1n) is 8.09. The summed E-state index contributed by atoms with van der Waals surface area (Å²) >= 11 is 0. The minimum Gasteiger partial charge on any atom is -0.0654 e. The van der Waals surface area contributed by atoms with Crippen LogP contribution in [0.2, 0.25) is 0 Å². The maximum Gasteiger partial charge on any atom is -0.00134 e. The van der Waals surface area contributed by atoms with Gasteiger partial charge in [-0.05, 0) is 47.1 Å². The summed E-state index contributed by atoms with van der Waals surface area (Å²) in [5.41, 5.74) is 7.60. The first kappa shape index (κ1) is 13.4. The van der Waals surface area contributed by atoms with Gasteiger partial charge in [-0.15, -0.1) is 0 Å². The Bertz CT molecular complexity index is 580. The Morgan fingerprint density at radius 2 is 1.60 bits per heavy atom. The summed E-state index contributed by atoms with van der Waals surface area (Å²) in [5, 5.41) is 0. The van der Waals surface area contributed by atoms with E-state index in [9.17, 15) is 0 Å². The molecule has 2 aromatic carbocycles. The largest absolute Gasteiger partial charge is 0.0654 e. The molecule has 0 radical (unpaired) electrons. The number of hydrogen-bond acceptors (Lipinski definition) is 0. The van der Waals surface area contributed by atoms with E-state index in [-0.39, 0.29) is 0 Å². The standard InChI is InChI=1S/C20H24/c1-2-3-4-5-6-10-16-12-9-13-18-15-17-11-7-8-14-19(17)20(16)18/h7-9,11-14H,2-6,10,15H2,1H3. The molecule has 0 N–H and O–H groups in total. The van der Waals surface area contributed by atoms with E-state index in [0.717, 1.165) is 6.42 Å². The lowest BCUT2D eigenvalue weighted by Crippen LogP contribution is -1.91. The Hall–Kier alpha value is -1.56. The van der Waals surface area contributed by atoms with Gasteiger partial charge in [-0.1, -0.05) is 75.1 Å². The van der Waals surface area contributed by atoms with E-state index in [4.69, 9.17) is 0 Å². The molecular weight excluding hydrogens is 240 g/mol. The van der Waals surface area contributed by atoms with Crippen LogP contribution in [-0.4, -0.2) is 0 Å². The van der Waals surface area contributed by atoms with Gasteiger partial charge < -0.3 is 0 Å². The minimum absolute atomic E-state index is 1.12. The maximum atomic E-state index is 2.33. The molecule has 0 spiro atoms. The van der Waals surface area contributed by atoms with Crippen molar-refractivity contribution in [3.8, 4) is 11.1 Å². The molecule has 3 rings (SSSR count). The Kier molecular flexibility index (Phi) is 4.20. The lowest BCUT2D eigenvalue weighted by atomic mass is 9.95. The van der Waals surface area contributed by atoms with Crippen LogP contribution in [0, 0.1) is 0 Å². The van der Waals surface area contributed by atoms with Crippen molar-refractivity contribution >= 4 is 0 Å². The van der Waals surface area contributed by atoms with Gasteiger partial charge in [0.15, 0.2) is 0 Å². The van der Waals surface area contributed by atoms with E-state index in [0.29, 0.717) is 0 Å². The topological polar surface area (TPSA) is 0 Å². The molecule has 0 aromatic heterocycles. The molecule has 0 heteroatoms. The summed E-state index contributed by atoms with van der Waals surface area (Å²) in [6, 6.07) is 15.8. The molecule has 0 saturated carbocycles. The summed E-state index contributed by atoms with van der Waals surface area (Å²) in [4.78, 5) is 0. The SMILES string of the molecule is CCCCCCCc1cccc2c1-c1ccccc1C2. The Morgan fingerprint density at radius 3 is 2.50 bits per heavy atom. The third-order valence-electron chi connectivity index (χ3n) is 4.45. The van der Waals surface area contributed by atoms with Gasteiger partial charge in [0.25, 0.3) is 0 Å². The third kappa shape index (κ3) is 2.65. The fourth-order valence-electron chi connectivity index (χ4n) is 3.40. The normalized spacial score (nSPS) is 12.2. The molecule has 0 fully saturated rings. The van der Waals surface area contributed by atoms with Crippen molar-refractivity contribution in [3.63, 3.8) is 0 Å². The van der Waals surface area contributed by atoms with Gasteiger partial charge in [-0.2, -0.15) is 0 Å². The first-order valence-corrected chi connectivity index (χ1v) is 8.09. The molecule has 0 unspecified atom stereocenters. The number of unbranched alkanes of at least 4 members (excludes halogenated alkanes) is 4. The summed E-state index contributed by atoms with van der Waals surface area (Å²) in [5.74, 6) is 0. The van der Waals surface area contributed by atoms with Gasteiger partial charge >= 0.3 is 0 Å². The fourth-order valence-corrected chi connectivity index (χ4v) is 3.40. The molecule has 20 heavy (non-hydrogen) atoms. The monoisotopic (exact) mass is 264 g/mol. The smallest absolute Gasteiger partial charge is 0.00134 e. The Labute approximate surface area is 122 Å². The first-order chi connectivity index (χ1) is 9.90. The molecule has 0 atom stereocenters. The van der Waals surface area contributed by atoms with Crippen molar-refractivity contribution in [1.82, 2.24) is 0 Å². The van der Waals surface area contributed by atoms with Crippen molar-refractivity contribution in [1.29, 1.82) is 0 Å². The molecular formula is C20H24. The van der Waals surface area contributed by atoms with Gasteiger partial charge in [-0.25, -0.2) is 0 Å². The van der Waals surface area contributed by atoms with E-state index in [1.54, 1.807) is 11.1 Å². The van der Waals surface area contributed by atoms with E-state index >= 15 is 0 Å². The second-order valence-corrected chi connectivity index (χ2v) is 5.95. The average molecular weight is 264 g/mol. The summed E-state index contributed by atoms with van der Waals surface area (Å²) in [6.45, 7) is 2.28. The van der Waals surface area contributed by atoms with Crippen LogP contribution in [0.15, 0.2) is 42.5 Å². The predicted octanol–water partition coefficient (Wildman–Crippen LogP) is 5.77. The van der Waals surface area contributed by atoms with Crippen LogP contribution in [0.4, 0.5) is 0 Å². The van der Waals surface area contributed by atoms with Crippen LogP contribution in [0.25, 0.3) is 11.1 Å².